The van der Waals surface area contributed by atoms with Crippen LogP contribution in [0, 0.1) is 0 Å². The van der Waals surface area contributed by atoms with Crippen LogP contribution in [0.25, 0.3) is 11.0 Å². The Morgan fingerprint density at radius 2 is 1.79 bits per heavy atom. The van der Waals surface area contributed by atoms with Crippen LogP contribution in [0.3, 0.4) is 0 Å². The number of hydrogen-bond acceptors (Lipinski definition) is 5. The van der Waals surface area contributed by atoms with Crippen LogP contribution in [0.4, 0.5) is 0 Å². The van der Waals surface area contributed by atoms with Gasteiger partial charge in [-0.2, -0.15) is 4.31 Å². The van der Waals surface area contributed by atoms with Crippen LogP contribution in [0.2, 0.25) is 0 Å². The van der Waals surface area contributed by atoms with Gasteiger partial charge >= 0.3 is 0 Å². The Labute approximate surface area is 164 Å². The van der Waals surface area contributed by atoms with Gasteiger partial charge in [-0.25, -0.2) is 18.4 Å². The Hall–Kier alpha value is -2.38. The fraction of sp³-hybridized carbons (Fsp3) is 0.381. The maximum Gasteiger partial charge on any atom is 0.244 e. The topological polar surface area (TPSA) is 76.1 Å². The van der Waals surface area contributed by atoms with Crippen LogP contribution in [0.15, 0.2) is 53.8 Å². The summed E-state index contributed by atoms with van der Waals surface area (Å²) in [6, 6.07) is 9.65. The molecule has 2 aliphatic rings. The van der Waals surface area contributed by atoms with Gasteiger partial charge in [0.15, 0.2) is 5.65 Å². The van der Waals surface area contributed by atoms with Crippen LogP contribution >= 0.6 is 0 Å². The molecule has 1 aliphatic carbocycles. The van der Waals surface area contributed by atoms with Crippen molar-refractivity contribution in [3.8, 4) is 0 Å². The van der Waals surface area contributed by atoms with Crippen molar-refractivity contribution in [2.75, 3.05) is 13.1 Å². The Morgan fingerprint density at radius 3 is 2.50 bits per heavy atom. The smallest absolute Gasteiger partial charge is 0.244 e. The highest BCUT2D eigenvalue weighted by molar-refractivity contribution is 7.89. The summed E-state index contributed by atoms with van der Waals surface area (Å²) in [7, 11) is -3.47. The lowest BCUT2D eigenvalue weighted by molar-refractivity contribution is 0.317. The van der Waals surface area contributed by atoms with Gasteiger partial charge in [0.1, 0.15) is 4.90 Å². The zero-order chi connectivity index (χ0) is 19.1. The largest absolute Gasteiger partial charge is 0.263 e. The van der Waals surface area contributed by atoms with E-state index in [1.165, 1.54) is 24.6 Å². The highest BCUT2D eigenvalue weighted by Gasteiger charge is 2.30. The molecule has 0 bridgehead atoms. The van der Waals surface area contributed by atoms with Gasteiger partial charge in [-0.3, -0.25) is 4.98 Å². The minimum Gasteiger partial charge on any atom is -0.263 e. The summed E-state index contributed by atoms with van der Waals surface area (Å²) in [6.07, 6.45) is 9.00. The zero-order valence-corrected chi connectivity index (χ0v) is 16.3. The second kappa shape index (κ2) is 6.90. The summed E-state index contributed by atoms with van der Waals surface area (Å²) in [4.78, 5) is 13.5. The molecule has 2 fully saturated rings. The van der Waals surface area contributed by atoms with Crippen LogP contribution in [-0.4, -0.2) is 40.8 Å². The summed E-state index contributed by atoms with van der Waals surface area (Å²) in [6.45, 7) is 0.991. The number of piperidine rings is 1. The van der Waals surface area contributed by atoms with E-state index in [0.29, 0.717) is 19.0 Å². The van der Waals surface area contributed by atoms with Crippen LogP contribution in [0.1, 0.15) is 48.8 Å². The molecule has 4 heterocycles. The molecule has 6 nitrogen and oxygen atoms in total. The van der Waals surface area contributed by atoms with E-state index in [4.69, 9.17) is 4.98 Å². The van der Waals surface area contributed by atoms with E-state index in [0.717, 1.165) is 29.6 Å². The Balaban J connectivity index is 1.32. The monoisotopic (exact) mass is 394 g/mol. The molecule has 3 aromatic heterocycles. The molecule has 0 atom stereocenters. The molecule has 0 N–H and O–H groups in total. The minimum absolute atomic E-state index is 0.257. The molecule has 144 valence electrons. The SMILES string of the molecule is O=S(=O)(c1cccnc1)N1CCC(c2ccc3cc(C4CC4)cnc3n2)CC1. The summed E-state index contributed by atoms with van der Waals surface area (Å²) in [5.74, 6) is 0.942. The van der Waals surface area contributed by atoms with Crippen molar-refractivity contribution in [2.24, 2.45) is 0 Å². The van der Waals surface area contributed by atoms with Gasteiger partial charge in [0.2, 0.25) is 10.0 Å². The van der Waals surface area contributed by atoms with E-state index in [-0.39, 0.29) is 10.8 Å². The molecule has 0 unspecified atom stereocenters. The molecular formula is C21H22N4O2S. The summed E-state index contributed by atoms with van der Waals surface area (Å²) in [5, 5.41) is 1.09. The maximum atomic E-state index is 12.8. The predicted octanol–water partition coefficient (Wildman–Crippen LogP) is 3.47. The Bertz CT molecular complexity index is 1110. The molecular weight excluding hydrogens is 372 g/mol. The molecule has 0 spiro atoms. The number of fused-ring (bicyclic) bond motifs is 1. The van der Waals surface area contributed by atoms with E-state index in [1.54, 1.807) is 22.6 Å². The highest BCUT2D eigenvalue weighted by Crippen LogP contribution is 2.40. The molecule has 1 saturated carbocycles. The van der Waals surface area contributed by atoms with Gasteiger partial charge in [-0.1, -0.05) is 0 Å². The third-order valence-electron chi connectivity index (χ3n) is 5.78. The van der Waals surface area contributed by atoms with Gasteiger partial charge in [-0.05, 0) is 67.5 Å². The first-order chi connectivity index (χ1) is 13.6. The second-order valence-electron chi connectivity index (χ2n) is 7.69. The van der Waals surface area contributed by atoms with Crippen molar-refractivity contribution in [2.45, 2.75) is 42.4 Å². The van der Waals surface area contributed by atoms with E-state index in [2.05, 4.69) is 28.2 Å². The average molecular weight is 395 g/mol. The zero-order valence-electron chi connectivity index (χ0n) is 15.5. The molecule has 28 heavy (non-hydrogen) atoms. The maximum absolute atomic E-state index is 12.8. The van der Waals surface area contributed by atoms with Gasteiger partial charge in [0, 0.05) is 48.7 Å². The number of aromatic nitrogens is 3. The second-order valence-corrected chi connectivity index (χ2v) is 9.63. The first kappa shape index (κ1) is 17.7. The number of nitrogens with zero attached hydrogens (tertiary/aromatic N) is 4. The molecule has 0 radical (unpaired) electrons. The summed E-state index contributed by atoms with van der Waals surface area (Å²) >= 11 is 0. The number of hydrogen-bond donors (Lipinski definition) is 0. The molecule has 3 aromatic rings. The third kappa shape index (κ3) is 3.29. The molecule has 1 saturated heterocycles. The van der Waals surface area contributed by atoms with Crippen LogP contribution < -0.4 is 0 Å². The van der Waals surface area contributed by atoms with Crippen molar-refractivity contribution in [3.05, 3.63) is 60.2 Å². The molecule has 1 aliphatic heterocycles. The minimum atomic E-state index is -3.47. The fourth-order valence-corrected chi connectivity index (χ4v) is 5.38. The van der Waals surface area contributed by atoms with Crippen LogP contribution in [-0.2, 0) is 10.0 Å². The lowest BCUT2D eigenvalue weighted by Crippen LogP contribution is -2.38. The van der Waals surface area contributed by atoms with Gasteiger partial charge < -0.3 is 0 Å². The van der Waals surface area contributed by atoms with Crippen molar-refractivity contribution in [1.82, 2.24) is 19.3 Å². The number of rotatable bonds is 4. The number of pyridine rings is 3. The van der Waals surface area contributed by atoms with E-state index < -0.39 is 10.0 Å². The first-order valence-electron chi connectivity index (χ1n) is 9.78. The predicted molar refractivity (Wildman–Crippen MR) is 106 cm³/mol. The third-order valence-corrected chi connectivity index (χ3v) is 7.66. The molecule has 0 aromatic carbocycles. The van der Waals surface area contributed by atoms with Crippen molar-refractivity contribution >= 4 is 21.1 Å². The quantitative estimate of drug-likeness (QED) is 0.677. The highest BCUT2D eigenvalue weighted by atomic mass is 32.2. The van der Waals surface area contributed by atoms with Crippen molar-refractivity contribution < 1.29 is 8.42 Å². The van der Waals surface area contributed by atoms with E-state index in [9.17, 15) is 8.42 Å². The standard InChI is InChI=1S/C21H22N4O2S/c26-28(27,19-2-1-9-22-14-19)25-10-7-16(8-11-25)20-6-5-17-12-18(15-3-4-15)13-23-21(17)24-20/h1-2,5-6,9,12-16H,3-4,7-8,10-11H2. The Morgan fingerprint density at radius 1 is 0.964 bits per heavy atom. The lowest BCUT2D eigenvalue weighted by Gasteiger charge is -2.30. The van der Waals surface area contributed by atoms with E-state index >= 15 is 0 Å². The summed E-state index contributed by atoms with van der Waals surface area (Å²) < 4.78 is 27.1. The van der Waals surface area contributed by atoms with Gasteiger partial charge in [0.05, 0.1) is 0 Å². The van der Waals surface area contributed by atoms with Gasteiger partial charge in [-0.15, -0.1) is 0 Å². The summed E-state index contributed by atoms with van der Waals surface area (Å²) in [5.41, 5.74) is 3.11. The molecule has 5 rings (SSSR count). The molecule has 0 amide bonds. The van der Waals surface area contributed by atoms with E-state index in [1.807, 2.05) is 6.20 Å². The van der Waals surface area contributed by atoms with Crippen LogP contribution in [0.5, 0.6) is 0 Å². The normalized spacial score (nSPS) is 19.1. The number of sulfonamides is 1. The van der Waals surface area contributed by atoms with Crippen molar-refractivity contribution in [3.63, 3.8) is 0 Å². The molecule has 7 heteroatoms. The Kier molecular flexibility index (Phi) is 4.36. The lowest BCUT2D eigenvalue weighted by atomic mass is 9.94. The first-order valence-corrected chi connectivity index (χ1v) is 11.2. The average Bonchev–Trinajstić information content (AvgIpc) is 3.59. The fourth-order valence-electron chi connectivity index (χ4n) is 3.95. The van der Waals surface area contributed by atoms with Gasteiger partial charge in [0.25, 0.3) is 0 Å². The van der Waals surface area contributed by atoms with Crippen molar-refractivity contribution in [1.29, 1.82) is 0 Å².